The number of carboxylic acid groups (broad SMARTS) is 1. The molecular weight excluding hydrogens is 282 g/mol. The molecule has 112 valence electrons. The Balaban J connectivity index is 0.00000361. The highest BCUT2D eigenvalue weighted by molar-refractivity contribution is 5.93. The van der Waals surface area contributed by atoms with Crippen molar-refractivity contribution in [1.29, 1.82) is 0 Å². The summed E-state index contributed by atoms with van der Waals surface area (Å²) in [7, 11) is 0. The molecular formula is C14H20ClNO4. The van der Waals surface area contributed by atoms with Crippen LogP contribution in [0, 0.1) is 5.92 Å². The summed E-state index contributed by atoms with van der Waals surface area (Å²) in [4.78, 5) is 26.8. The molecule has 0 fully saturated rings. The van der Waals surface area contributed by atoms with E-state index in [4.69, 9.17) is 9.84 Å². The minimum Gasteiger partial charge on any atom is -0.481 e. The van der Waals surface area contributed by atoms with Gasteiger partial charge in [0.1, 0.15) is 0 Å². The summed E-state index contributed by atoms with van der Waals surface area (Å²) in [6.07, 6.45) is 4.44. The second-order valence-corrected chi connectivity index (χ2v) is 4.44. The quantitative estimate of drug-likeness (QED) is 0.618. The number of rotatable bonds is 7. The molecule has 0 aliphatic heterocycles. The van der Waals surface area contributed by atoms with Crippen LogP contribution >= 0.6 is 12.4 Å². The SMILES string of the molecule is CCC(C)OC(=O)C(CCc1ccncc1)C(=O)O.Cl. The molecule has 1 N–H and O–H groups in total. The van der Waals surface area contributed by atoms with E-state index in [2.05, 4.69) is 4.98 Å². The molecule has 0 saturated carbocycles. The fourth-order valence-electron chi connectivity index (χ4n) is 1.57. The lowest BCUT2D eigenvalue weighted by molar-refractivity contribution is -0.162. The summed E-state index contributed by atoms with van der Waals surface area (Å²) in [5.41, 5.74) is 0.956. The molecule has 0 aliphatic carbocycles. The van der Waals surface area contributed by atoms with E-state index in [0.717, 1.165) is 5.56 Å². The van der Waals surface area contributed by atoms with E-state index >= 15 is 0 Å². The van der Waals surface area contributed by atoms with Crippen LogP contribution < -0.4 is 0 Å². The monoisotopic (exact) mass is 301 g/mol. The number of aliphatic carboxylic acids is 1. The molecule has 0 amide bonds. The van der Waals surface area contributed by atoms with Crippen molar-refractivity contribution in [1.82, 2.24) is 4.98 Å². The largest absolute Gasteiger partial charge is 0.481 e. The van der Waals surface area contributed by atoms with Gasteiger partial charge < -0.3 is 9.84 Å². The number of hydrogen-bond donors (Lipinski definition) is 1. The zero-order valence-corrected chi connectivity index (χ0v) is 12.4. The van der Waals surface area contributed by atoms with Crippen molar-refractivity contribution in [3.8, 4) is 0 Å². The molecule has 1 heterocycles. The maximum atomic E-state index is 11.8. The predicted octanol–water partition coefficient (Wildman–Crippen LogP) is 2.48. The Kier molecular flexibility index (Phi) is 8.56. The first kappa shape index (κ1) is 18.4. The third kappa shape index (κ3) is 6.02. The number of aromatic nitrogens is 1. The number of halogens is 1. The predicted molar refractivity (Wildman–Crippen MR) is 76.8 cm³/mol. The minimum absolute atomic E-state index is 0. The molecule has 20 heavy (non-hydrogen) atoms. The summed E-state index contributed by atoms with van der Waals surface area (Å²) in [5.74, 6) is -2.90. The van der Waals surface area contributed by atoms with Gasteiger partial charge in [-0.3, -0.25) is 14.6 Å². The highest BCUT2D eigenvalue weighted by Gasteiger charge is 2.28. The van der Waals surface area contributed by atoms with E-state index in [0.29, 0.717) is 12.8 Å². The maximum Gasteiger partial charge on any atom is 0.320 e. The number of hydrogen-bond acceptors (Lipinski definition) is 4. The van der Waals surface area contributed by atoms with Crippen LogP contribution in [0.25, 0.3) is 0 Å². The molecule has 0 aliphatic rings. The molecule has 6 heteroatoms. The Bertz CT molecular complexity index is 424. The number of carbonyl (C=O) groups is 2. The molecule has 0 radical (unpaired) electrons. The van der Waals surface area contributed by atoms with Crippen LogP contribution in [-0.4, -0.2) is 28.1 Å². The van der Waals surface area contributed by atoms with Crippen LogP contribution in [0.4, 0.5) is 0 Å². The molecule has 1 rings (SSSR count). The Morgan fingerprint density at radius 2 is 1.95 bits per heavy atom. The van der Waals surface area contributed by atoms with Crippen molar-refractivity contribution < 1.29 is 19.4 Å². The van der Waals surface area contributed by atoms with Gasteiger partial charge in [-0.15, -0.1) is 12.4 Å². The van der Waals surface area contributed by atoms with Gasteiger partial charge in [-0.2, -0.15) is 0 Å². The highest BCUT2D eigenvalue weighted by atomic mass is 35.5. The molecule has 1 aromatic rings. The zero-order chi connectivity index (χ0) is 14.3. The summed E-state index contributed by atoms with van der Waals surface area (Å²) in [5, 5.41) is 9.09. The van der Waals surface area contributed by atoms with Crippen molar-refractivity contribution in [2.75, 3.05) is 0 Å². The molecule has 2 unspecified atom stereocenters. The molecule has 0 saturated heterocycles. The first-order valence-corrected chi connectivity index (χ1v) is 6.36. The Morgan fingerprint density at radius 3 is 2.45 bits per heavy atom. The normalized spacial score (nSPS) is 12.9. The van der Waals surface area contributed by atoms with E-state index in [9.17, 15) is 9.59 Å². The van der Waals surface area contributed by atoms with E-state index in [1.807, 2.05) is 6.92 Å². The Hall–Kier alpha value is -1.62. The molecule has 5 nitrogen and oxygen atoms in total. The van der Waals surface area contributed by atoms with E-state index in [1.54, 1.807) is 31.5 Å². The van der Waals surface area contributed by atoms with Gasteiger partial charge in [-0.05, 0) is 43.9 Å². The Morgan fingerprint density at radius 1 is 1.35 bits per heavy atom. The van der Waals surface area contributed by atoms with Gasteiger partial charge in [0.15, 0.2) is 5.92 Å². The standard InChI is InChI=1S/C14H19NO4.ClH/c1-3-10(2)19-14(18)12(13(16)17)5-4-11-6-8-15-9-7-11;/h6-10,12H,3-5H2,1-2H3,(H,16,17);1H. The lowest BCUT2D eigenvalue weighted by Gasteiger charge is -2.15. The molecule has 0 bridgehead atoms. The van der Waals surface area contributed by atoms with Crippen molar-refractivity contribution in [3.05, 3.63) is 30.1 Å². The fourth-order valence-corrected chi connectivity index (χ4v) is 1.57. The van der Waals surface area contributed by atoms with Crippen LogP contribution in [0.3, 0.4) is 0 Å². The van der Waals surface area contributed by atoms with Gasteiger partial charge in [0.25, 0.3) is 0 Å². The van der Waals surface area contributed by atoms with Crippen LogP contribution in [0.15, 0.2) is 24.5 Å². The first-order valence-electron chi connectivity index (χ1n) is 6.36. The third-order valence-electron chi connectivity index (χ3n) is 2.95. The van der Waals surface area contributed by atoms with Gasteiger partial charge in [-0.25, -0.2) is 0 Å². The van der Waals surface area contributed by atoms with Crippen LogP contribution in [-0.2, 0) is 20.7 Å². The number of pyridine rings is 1. The van der Waals surface area contributed by atoms with Crippen LogP contribution in [0.1, 0.15) is 32.3 Å². The van der Waals surface area contributed by atoms with Crippen molar-refractivity contribution >= 4 is 24.3 Å². The number of carbonyl (C=O) groups excluding carboxylic acids is 1. The van der Waals surface area contributed by atoms with Gasteiger partial charge in [0, 0.05) is 12.4 Å². The molecule has 0 spiro atoms. The lowest BCUT2D eigenvalue weighted by Crippen LogP contribution is -2.29. The maximum absolute atomic E-state index is 11.8. The average molecular weight is 302 g/mol. The summed E-state index contributed by atoms with van der Waals surface area (Å²) in [6.45, 7) is 3.63. The van der Waals surface area contributed by atoms with Gasteiger partial charge in [0.05, 0.1) is 6.10 Å². The van der Waals surface area contributed by atoms with Crippen molar-refractivity contribution in [2.45, 2.75) is 39.2 Å². The average Bonchev–Trinajstić information content (AvgIpc) is 2.39. The van der Waals surface area contributed by atoms with Gasteiger partial charge >= 0.3 is 11.9 Å². The topological polar surface area (TPSA) is 76.5 Å². The van der Waals surface area contributed by atoms with E-state index in [-0.39, 0.29) is 24.9 Å². The fraction of sp³-hybridized carbons (Fsp3) is 0.500. The summed E-state index contributed by atoms with van der Waals surface area (Å²) < 4.78 is 5.08. The smallest absolute Gasteiger partial charge is 0.320 e. The number of esters is 1. The molecule has 1 aromatic heterocycles. The summed E-state index contributed by atoms with van der Waals surface area (Å²) >= 11 is 0. The summed E-state index contributed by atoms with van der Waals surface area (Å²) in [6, 6.07) is 3.61. The van der Waals surface area contributed by atoms with Gasteiger partial charge in [-0.1, -0.05) is 6.92 Å². The van der Waals surface area contributed by atoms with Crippen molar-refractivity contribution in [3.63, 3.8) is 0 Å². The minimum atomic E-state index is -1.14. The van der Waals surface area contributed by atoms with Gasteiger partial charge in [0.2, 0.25) is 0 Å². The highest BCUT2D eigenvalue weighted by Crippen LogP contribution is 2.13. The zero-order valence-electron chi connectivity index (χ0n) is 11.6. The number of aryl methyl sites for hydroxylation is 1. The molecule has 0 aromatic carbocycles. The number of carboxylic acids is 1. The first-order chi connectivity index (χ1) is 9.04. The second-order valence-electron chi connectivity index (χ2n) is 4.44. The number of nitrogens with zero attached hydrogens (tertiary/aromatic N) is 1. The molecule has 2 atom stereocenters. The Labute approximate surface area is 124 Å². The van der Waals surface area contributed by atoms with Crippen LogP contribution in [0.2, 0.25) is 0 Å². The number of ether oxygens (including phenoxy) is 1. The van der Waals surface area contributed by atoms with Crippen LogP contribution in [0.5, 0.6) is 0 Å². The van der Waals surface area contributed by atoms with Crippen molar-refractivity contribution in [2.24, 2.45) is 5.92 Å². The third-order valence-corrected chi connectivity index (χ3v) is 2.95. The van der Waals surface area contributed by atoms with E-state index < -0.39 is 17.9 Å². The lowest BCUT2D eigenvalue weighted by atomic mass is 10.00. The second kappa shape index (κ2) is 9.31. The van der Waals surface area contributed by atoms with E-state index in [1.165, 1.54) is 0 Å².